The van der Waals surface area contributed by atoms with Gasteiger partial charge in [0.1, 0.15) is 0 Å². The second-order valence-corrected chi connectivity index (χ2v) is 5.40. The first-order valence-corrected chi connectivity index (χ1v) is 6.77. The summed E-state index contributed by atoms with van der Waals surface area (Å²) in [5, 5.41) is 0. The Balaban J connectivity index is 2.66. The van der Waals surface area contributed by atoms with Crippen LogP contribution in [0.4, 0.5) is 0 Å². The fourth-order valence-corrected chi connectivity index (χ4v) is 2.92. The molecule has 0 fully saturated rings. The van der Waals surface area contributed by atoms with Gasteiger partial charge in [0.25, 0.3) is 0 Å². The van der Waals surface area contributed by atoms with Crippen LogP contribution in [-0.4, -0.2) is 0 Å². The third kappa shape index (κ3) is 2.61. The minimum Gasteiger partial charge on any atom is -0.0614 e. The number of aryl methyl sites for hydroxylation is 3. The van der Waals surface area contributed by atoms with Crippen LogP contribution >= 0.6 is 15.9 Å². The summed E-state index contributed by atoms with van der Waals surface area (Å²) in [6.07, 6.45) is 1.06. The summed E-state index contributed by atoms with van der Waals surface area (Å²) in [5.74, 6) is 0. The van der Waals surface area contributed by atoms with E-state index >= 15 is 0 Å². The molecule has 0 radical (unpaired) electrons. The maximum atomic E-state index is 3.57. The third-order valence-electron chi connectivity index (χ3n) is 3.07. The minimum absolute atomic E-state index is 1.06. The molecular weight excluding hydrogens is 272 g/mol. The zero-order valence-electron chi connectivity index (χ0n) is 10.5. The molecule has 0 spiro atoms. The SMILES string of the molecule is CCc1cc(Br)cc(C)c1-c1cccc(C)c1. The average Bonchev–Trinajstić information content (AvgIpc) is 2.27. The van der Waals surface area contributed by atoms with Gasteiger partial charge < -0.3 is 0 Å². The lowest BCUT2D eigenvalue weighted by molar-refractivity contribution is 1.13. The molecule has 2 rings (SSSR count). The van der Waals surface area contributed by atoms with Gasteiger partial charge in [0.05, 0.1) is 0 Å². The molecular formula is C16H17Br. The Bertz CT molecular complexity index is 541. The third-order valence-corrected chi connectivity index (χ3v) is 3.53. The van der Waals surface area contributed by atoms with Gasteiger partial charge in [0.2, 0.25) is 0 Å². The fourth-order valence-electron chi connectivity index (χ4n) is 2.31. The van der Waals surface area contributed by atoms with Crippen molar-refractivity contribution in [1.82, 2.24) is 0 Å². The first-order chi connectivity index (χ1) is 8.11. The normalized spacial score (nSPS) is 10.6. The van der Waals surface area contributed by atoms with Crippen molar-refractivity contribution in [1.29, 1.82) is 0 Å². The number of rotatable bonds is 2. The molecule has 0 aliphatic carbocycles. The molecule has 2 aromatic carbocycles. The quantitative estimate of drug-likeness (QED) is 0.704. The van der Waals surface area contributed by atoms with E-state index in [2.05, 4.69) is 73.1 Å². The molecule has 0 N–H and O–H groups in total. The van der Waals surface area contributed by atoms with Gasteiger partial charge in [0, 0.05) is 4.47 Å². The summed E-state index contributed by atoms with van der Waals surface area (Å²) in [7, 11) is 0. The molecule has 1 heteroatoms. The molecule has 0 unspecified atom stereocenters. The lowest BCUT2D eigenvalue weighted by Gasteiger charge is -2.13. The van der Waals surface area contributed by atoms with E-state index in [1.807, 2.05) is 0 Å². The predicted octanol–water partition coefficient (Wildman–Crippen LogP) is 5.30. The van der Waals surface area contributed by atoms with E-state index < -0.39 is 0 Å². The van der Waals surface area contributed by atoms with E-state index in [4.69, 9.17) is 0 Å². The van der Waals surface area contributed by atoms with Gasteiger partial charge in [-0.2, -0.15) is 0 Å². The van der Waals surface area contributed by atoms with Crippen molar-refractivity contribution in [3.63, 3.8) is 0 Å². The second-order valence-electron chi connectivity index (χ2n) is 4.48. The first-order valence-electron chi connectivity index (χ1n) is 5.98. The van der Waals surface area contributed by atoms with Gasteiger partial charge in [-0.15, -0.1) is 0 Å². The van der Waals surface area contributed by atoms with Crippen molar-refractivity contribution >= 4 is 15.9 Å². The van der Waals surface area contributed by atoms with Crippen molar-refractivity contribution in [2.75, 3.05) is 0 Å². The van der Waals surface area contributed by atoms with Gasteiger partial charge in [-0.3, -0.25) is 0 Å². The summed E-state index contributed by atoms with van der Waals surface area (Å²) in [4.78, 5) is 0. The molecule has 0 aliphatic heterocycles. The van der Waals surface area contributed by atoms with Crippen molar-refractivity contribution in [3.05, 3.63) is 57.6 Å². The topological polar surface area (TPSA) is 0 Å². The van der Waals surface area contributed by atoms with E-state index in [0.29, 0.717) is 0 Å². The smallest absolute Gasteiger partial charge is 0.0181 e. The lowest BCUT2D eigenvalue weighted by atomic mass is 9.93. The number of hydrogen-bond acceptors (Lipinski definition) is 0. The van der Waals surface area contributed by atoms with E-state index in [9.17, 15) is 0 Å². The van der Waals surface area contributed by atoms with E-state index in [-0.39, 0.29) is 0 Å². The van der Waals surface area contributed by atoms with Crippen LogP contribution in [0.1, 0.15) is 23.6 Å². The second kappa shape index (κ2) is 5.05. The monoisotopic (exact) mass is 288 g/mol. The zero-order valence-corrected chi connectivity index (χ0v) is 12.1. The Morgan fingerprint density at radius 3 is 2.47 bits per heavy atom. The molecule has 0 aromatic heterocycles. The molecule has 88 valence electrons. The Labute approximate surface area is 112 Å². The highest BCUT2D eigenvalue weighted by Crippen LogP contribution is 2.31. The maximum absolute atomic E-state index is 3.57. The van der Waals surface area contributed by atoms with E-state index in [0.717, 1.165) is 6.42 Å². The molecule has 0 heterocycles. The number of benzene rings is 2. The Morgan fingerprint density at radius 1 is 1.06 bits per heavy atom. The van der Waals surface area contributed by atoms with Gasteiger partial charge in [-0.25, -0.2) is 0 Å². The number of halogens is 1. The van der Waals surface area contributed by atoms with Crippen LogP contribution in [0.5, 0.6) is 0 Å². The van der Waals surface area contributed by atoms with Crippen LogP contribution in [0.3, 0.4) is 0 Å². The molecule has 17 heavy (non-hydrogen) atoms. The Morgan fingerprint density at radius 2 is 1.82 bits per heavy atom. The summed E-state index contributed by atoms with van der Waals surface area (Å²) in [6.45, 7) is 6.53. The minimum atomic E-state index is 1.06. The maximum Gasteiger partial charge on any atom is 0.0181 e. The molecule has 2 aromatic rings. The van der Waals surface area contributed by atoms with Gasteiger partial charge in [0.15, 0.2) is 0 Å². The summed E-state index contributed by atoms with van der Waals surface area (Å²) >= 11 is 3.57. The van der Waals surface area contributed by atoms with E-state index in [1.54, 1.807) is 0 Å². The predicted molar refractivity (Wildman–Crippen MR) is 78.4 cm³/mol. The highest BCUT2D eigenvalue weighted by molar-refractivity contribution is 9.10. The standard InChI is InChI=1S/C16H17Br/c1-4-13-10-15(17)9-12(3)16(13)14-7-5-6-11(2)8-14/h5-10H,4H2,1-3H3. The summed E-state index contributed by atoms with van der Waals surface area (Å²) in [5.41, 5.74) is 6.77. The van der Waals surface area contributed by atoms with Crippen molar-refractivity contribution in [2.45, 2.75) is 27.2 Å². The average molecular weight is 289 g/mol. The highest BCUT2D eigenvalue weighted by Gasteiger charge is 2.08. The van der Waals surface area contributed by atoms with Gasteiger partial charge in [-0.05, 0) is 54.7 Å². The molecule has 0 saturated carbocycles. The Kier molecular flexibility index (Phi) is 3.68. The Hall–Kier alpha value is -1.08. The highest BCUT2D eigenvalue weighted by atomic mass is 79.9. The molecule has 0 saturated heterocycles. The van der Waals surface area contributed by atoms with Crippen LogP contribution in [-0.2, 0) is 6.42 Å². The summed E-state index contributed by atoms with van der Waals surface area (Å²) < 4.78 is 1.17. The first kappa shape index (κ1) is 12.4. The molecule has 0 amide bonds. The van der Waals surface area contributed by atoms with Gasteiger partial charge >= 0.3 is 0 Å². The molecule has 0 aliphatic rings. The van der Waals surface area contributed by atoms with Gasteiger partial charge in [-0.1, -0.05) is 52.7 Å². The van der Waals surface area contributed by atoms with Crippen molar-refractivity contribution in [2.24, 2.45) is 0 Å². The molecule has 0 bridgehead atoms. The van der Waals surface area contributed by atoms with Crippen LogP contribution in [0.15, 0.2) is 40.9 Å². The van der Waals surface area contributed by atoms with Crippen LogP contribution in [0.2, 0.25) is 0 Å². The zero-order chi connectivity index (χ0) is 12.4. The lowest BCUT2D eigenvalue weighted by Crippen LogP contribution is -1.92. The van der Waals surface area contributed by atoms with E-state index in [1.165, 1.54) is 32.3 Å². The largest absolute Gasteiger partial charge is 0.0614 e. The number of hydrogen-bond donors (Lipinski definition) is 0. The van der Waals surface area contributed by atoms with Crippen molar-refractivity contribution < 1.29 is 0 Å². The molecule has 0 atom stereocenters. The fraction of sp³-hybridized carbons (Fsp3) is 0.250. The molecule has 0 nitrogen and oxygen atoms in total. The van der Waals surface area contributed by atoms with Crippen LogP contribution in [0, 0.1) is 13.8 Å². The van der Waals surface area contributed by atoms with Crippen molar-refractivity contribution in [3.8, 4) is 11.1 Å². The van der Waals surface area contributed by atoms with Crippen LogP contribution in [0.25, 0.3) is 11.1 Å². The summed E-state index contributed by atoms with van der Waals surface area (Å²) in [6, 6.07) is 13.1. The van der Waals surface area contributed by atoms with Crippen LogP contribution < -0.4 is 0 Å².